The molecule has 0 unspecified atom stereocenters. The molecule has 0 amide bonds. The molecular formula is C15H25N. The number of nitrogens with one attached hydrogen (secondary N) is 1. The van der Waals surface area contributed by atoms with Crippen LogP contribution in [-0.4, -0.2) is 5.54 Å². The molecule has 0 saturated carbocycles. The Hall–Kier alpha value is -0.820. The predicted molar refractivity (Wildman–Crippen MR) is 71.6 cm³/mol. The van der Waals surface area contributed by atoms with Gasteiger partial charge in [0.1, 0.15) is 0 Å². The van der Waals surface area contributed by atoms with Gasteiger partial charge in [0.05, 0.1) is 0 Å². The second-order valence-corrected chi connectivity index (χ2v) is 4.74. The van der Waals surface area contributed by atoms with Gasteiger partial charge in [-0.05, 0) is 37.3 Å². The highest BCUT2D eigenvalue weighted by molar-refractivity contribution is 5.27. The van der Waals surface area contributed by atoms with Gasteiger partial charge in [-0.25, -0.2) is 0 Å². The number of hydrogen-bond donors (Lipinski definition) is 1. The molecule has 0 bridgehead atoms. The number of benzene rings is 1. The van der Waals surface area contributed by atoms with Crippen LogP contribution in [-0.2, 0) is 13.0 Å². The highest BCUT2D eigenvalue weighted by Crippen LogP contribution is 2.16. The van der Waals surface area contributed by atoms with E-state index >= 15 is 0 Å². The van der Waals surface area contributed by atoms with Gasteiger partial charge in [-0.3, -0.25) is 0 Å². The molecule has 1 rings (SSSR count). The zero-order chi connectivity index (χ0) is 12.0. The second kappa shape index (κ2) is 6.05. The maximum atomic E-state index is 3.69. The first-order valence-corrected chi connectivity index (χ1v) is 6.47. The van der Waals surface area contributed by atoms with Crippen LogP contribution in [0.1, 0.15) is 51.7 Å². The van der Waals surface area contributed by atoms with Gasteiger partial charge in [0.15, 0.2) is 0 Å². The first-order chi connectivity index (χ1) is 7.65. The third kappa shape index (κ3) is 3.34. The van der Waals surface area contributed by atoms with Crippen molar-refractivity contribution in [3.05, 3.63) is 35.4 Å². The Bertz CT molecular complexity index is 313. The van der Waals surface area contributed by atoms with Gasteiger partial charge in [-0.1, -0.05) is 45.0 Å². The maximum absolute atomic E-state index is 3.69. The summed E-state index contributed by atoms with van der Waals surface area (Å²) in [4.78, 5) is 0. The van der Waals surface area contributed by atoms with Gasteiger partial charge >= 0.3 is 0 Å². The highest BCUT2D eigenvalue weighted by atomic mass is 15.0. The Morgan fingerprint density at radius 3 is 2.06 bits per heavy atom. The van der Waals surface area contributed by atoms with Crippen molar-refractivity contribution < 1.29 is 0 Å². The normalized spacial score (nSPS) is 11.8. The molecule has 0 spiro atoms. The molecule has 0 saturated heterocycles. The quantitative estimate of drug-likeness (QED) is 0.764. The molecule has 1 aromatic rings. The molecule has 1 aromatic carbocycles. The van der Waals surface area contributed by atoms with Crippen molar-refractivity contribution in [3.63, 3.8) is 0 Å². The van der Waals surface area contributed by atoms with Crippen molar-refractivity contribution in [3.8, 4) is 0 Å². The van der Waals surface area contributed by atoms with Crippen LogP contribution in [0.25, 0.3) is 0 Å². The van der Waals surface area contributed by atoms with E-state index < -0.39 is 0 Å². The van der Waals surface area contributed by atoms with Gasteiger partial charge in [-0.15, -0.1) is 0 Å². The Morgan fingerprint density at radius 1 is 1.00 bits per heavy atom. The Balaban J connectivity index is 2.67. The third-order valence-corrected chi connectivity index (χ3v) is 3.77. The molecule has 0 atom stereocenters. The van der Waals surface area contributed by atoms with Gasteiger partial charge in [0.25, 0.3) is 0 Å². The van der Waals surface area contributed by atoms with E-state index in [1.54, 1.807) is 0 Å². The van der Waals surface area contributed by atoms with Gasteiger partial charge in [-0.2, -0.15) is 0 Å². The summed E-state index contributed by atoms with van der Waals surface area (Å²) in [6.07, 6.45) is 3.47. The van der Waals surface area contributed by atoms with Crippen LogP contribution in [0, 0.1) is 0 Å². The molecule has 1 heteroatoms. The summed E-state index contributed by atoms with van der Waals surface area (Å²) in [6, 6.07) is 8.72. The van der Waals surface area contributed by atoms with E-state index in [2.05, 4.69) is 57.3 Å². The van der Waals surface area contributed by atoms with E-state index in [0.29, 0.717) is 0 Å². The molecular weight excluding hydrogens is 194 g/mol. The fourth-order valence-electron chi connectivity index (χ4n) is 1.88. The molecule has 1 nitrogen and oxygen atoms in total. The third-order valence-electron chi connectivity index (χ3n) is 3.77. The summed E-state index contributed by atoms with van der Waals surface area (Å²) in [5, 5.41) is 3.69. The van der Waals surface area contributed by atoms with E-state index in [-0.39, 0.29) is 5.54 Å². The lowest BCUT2D eigenvalue weighted by Gasteiger charge is -2.29. The van der Waals surface area contributed by atoms with Crippen molar-refractivity contribution in [2.45, 2.75) is 59.0 Å². The van der Waals surface area contributed by atoms with E-state index in [4.69, 9.17) is 0 Å². The average molecular weight is 219 g/mol. The van der Waals surface area contributed by atoms with Crippen LogP contribution in [0.4, 0.5) is 0 Å². The largest absolute Gasteiger partial charge is 0.307 e. The second-order valence-electron chi connectivity index (χ2n) is 4.74. The van der Waals surface area contributed by atoms with Crippen LogP contribution >= 0.6 is 0 Å². The molecule has 90 valence electrons. The Labute approximate surface area is 100 Å². The van der Waals surface area contributed by atoms with Crippen molar-refractivity contribution in [2.24, 2.45) is 0 Å². The summed E-state index contributed by atoms with van der Waals surface area (Å²) in [5.41, 5.74) is 3.18. The first kappa shape index (κ1) is 13.2. The summed E-state index contributed by atoms with van der Waals surface area (Å²) in [7, 11) is 0. The Kier molecular flexibility index (Phi) is 5.01. The minimum absolute atomic E-state index is 0.279. The lowest BCUT2D eigenvalue weighted by atomic mass is 9.94. The standard InChI is InChI=1S/C15H25N/c1-5-13-10-8-9-11-14(13)12-16-15(4,6-2)7-3/h8-11,16H,5-7,12H2,1-4H3. The van der Waals surface area contributed by atoms with Crippen LogP contribution in [0.15, 0.2) is 24.3 Å². The SMILES string of the molecule is CCc1ccccc1CNC(C)(CC)CC. The fraction of sp³-hybridized carbons (Fsp3) is 0.600. The first-order valence-electron chi connectivity index (χ1n) is 6.47. The van der Waals surface area contributed by atoms with Gasteiger partial charge in [0, 0.05) is 12.1 Å². The van der Waals surface area contributed by atoms with Crippen LogP contribution < -0.4 is 5.32 Å². The summed E-state index contributed by atoms with van der Waals surface area (Å²) >= 11 is 0. The molecule has 0 aromatic heterocycles. The lowest BCUT2D eigenvalue weighted by Crippen LogP contribution is -2.40. The van der Waals surface area contributed by atoms with E-state index in [9.17, 15) is 0 Å². The topological polar surface area (TPSA) is 12.0 Å². The van der Waals surface area contributed by atoms with Crippen molar-refractivity contribution in [2.75, 3.05) is 0 Å². The smallest absolute Gasteiger partial charge is 0.0213 e. The van der Waals surface area contributed by atoms with Gasteiger partial charge < -0.3 is 5.32 Å². The van der Waals surface area contributed by atoms with Crippen molar-refractivity contribution >= 4 is 0 Å². The molecule has 1 N–H and O–H groups in total. The average Bonchev–Trinajstić information content (AvgIpc) is 2.36. The zero-order valence-corrected chi connectivity index (χ0v) is 11.1. The Morgan fingerprint density at radius 2 is 1.56 bits per heavy atom. The summed E-state index contributed by atoms with van der Waals surface area (Å²) < 4.78 is 0. The molecule has 0 fully saturated rings. The van der Waals surface area contributed by atoms with E-state index in [1.165, 1.54) is 24.0 Å². The fourth-order valence-corrected chi connectivity index (χ4v) is 1.88. The monoisotopic (exact) mass is 219 g/mol. The minimum Gasteiger partial charge on any atom is -0.307 e. The van der Waals surface area contributed by atoms with Crippen LogP contribution in [0.5, 0.6) is 0 Å². The van der Waals surface area contributed by atoms with Crippen LogP contribution in [0.2, 0.25) is 0 Å². The lowest BCUT2D eigenvalue weighted by molar-refractivity contribution is 0.329. The van der Waals surface area contributed by atoms with Gasteiger partial charge in [0.2, 0.25) is 0 Å². The zero-order valence-electron chi connectivity index (χ0n) is 11.1. The van der Waals surface area contributed by atoms with Crippen molar-refractivity contribution in [1.29, 1.82) is 0 Å². The number of hydrogen-bond acceptors (Lipinski definition) is 1. The molecule has 0 radical (unpaired) electrons. The molecule has 0 aliphatic rings. The van der Waals surface area contributed by atoms with Crippen LogP contribution in [0.3, 0.4) is 0 Å². The van der Waals surface area contributed by atoms with Crippen molar-refractivity contribution in [1.82, 2.24) is 5.32 Å². The number of rotatable bonds is 6. The molecule has 16 heavy (non-hydrogen) atoms. The number of aryl methyl sites for hydroxylation is 1. The predicted octanol–water partition coefficient (Wildman–Crippen LogP) is 3.92. The molecule has 0 heterocycles. The highest BCUT2D eigenvalue weighted by Gasteiger charge is 2.18. The van der Waals surface area contributed by atoms with E-state index in [1.807, 2.05) is 0 Å². The maximum Gasteiger partial charge on any atom is 0.0213 e. The van der Waals surface area contributed by atoms with E-state index in [0.717, 1.165) is 13.0 Å². The minimum atomic E-state index is 0.279. The molecule has 0 aliphatic heterocycles. The summed E-state index contributed by atoms with van der Waals surface area (Å²) in [5.74, 6) is 0. The molecule has 0 aliphatic carbocycles. The summed E-state index contributed by atoms with van der Waals surface area (Å²) in [6.45, 7) is 10.0.